The fourth-order valence-corrected chi connectivity index (χ4v) is 8.57. The summed E-state index contributed by atoms with van der Waals surface area (Å²) in [5.41, 5.74) is -0.295. The highest BCUT2D eigenvalue weighted by Crippen LogP contribution is 2.65. The molecule has 1 N–H and O–H groups in total. The first-order valence-electron chi connectivity index (χ1n) is 12.8. The maximum absolute atomic E-state index is 14.6. The van der Waals surface area contributed by atoms with Gasteiger partial charge in [0.1, 0.15) is 0 Å². The van der Waals surface area contributed by atoms with Gasteiger partial charge in [-0.05, 0) is 87.0 Å². The van der Waals surface area contributed by atoms with Crippen LogP contribution in [0, 0.1) is 34.5 Å². The highest BCUT2D eigenvalue weighted by molar-refractivity contribution is 5.92. The summed E-state index contributed by atoms with van der Waals surface area (Å²) >= 11 is 0. The highest BCUT2D eigenvalue weighted by atomic mass is 19.1. The van der Waals surface area contributed by atoms with E-state index in [4.69, 9.17) is 4.74 Å². The molecule has 32 heavy (non-hydrogen) atoms. The van der Waals surface area contributed by atoms with E-state index in [1.807, 2.05) is 0 Å². The lowest BCUT2D eigenvalue weighted by atomic mass is 9.47. The van der Waals surface area contributed by atoms with E-state index in [-0.39, 0.29) is 34.8 Å². The summed E-state index contributed by atoms with van der Waals surface area (Å²) in [6, 6.07) is 0.0797. The predicted molar refractivity (Wildman–Crippen MR) is 120 cm³/mol. The summed E-state index contributed by atoms with van der Waals surface area (Å²) in [5, 5.41) is 3.23. The Morgan fingerprint density at radius 3 is 2.72 bits per heavy atom. The van der Waals surface area contributed by atoms with E-state index in [9.17, 15) is 14.0 Å². The SMILES string of the molecule is CN1C(=O)C(F)=C[C@]2(C)C3CC[C@]4(C)[C@@H](C(=O)NC[C@@H]5CCCCO5)CC[C@H]4C3CC[C@@H]12. The summed E-state index contributed by atoms with van der Waals surface area (Å²) in [7, 11) is 1.76. The van der Waals surface area contributed by atoms with Crippen molar-refractivity contribution < 1.29 is 18.7 Å². The lowest BCUT2D eigenvalue weighted by Crippen LogP contribution is -2.60. The quantitative estimate of drug-likeness (QED) is 0.706. The average Bonchev–Trinajstić information content (AvgIpc) is 3.14. The van der Waals surface area contributed by atoms with Crippen LogP contribution in [-0.4, -0.2) is 49.1 Å². The Balaban J connectivity index is 1.31. The van der Waals surface area contributed by atoms with Gasteiger partial charge in [0.2, 0.25) is 5.91 Å². The summed E-state index contributed by atoms with van der Waals surface area (Å²) < 4.78 is 20.4. The van der Waals surface area contributed by atoms with E-state index in [1.54, 1.807) is 18.0 Å². The molecule has 0 spiro atoms. The molecule has 5 rings (SSSR count). The van der Waals surface area contributed by atoms with Crippen LogP contribution >= 0.6 is 0 Å². The van der Waals surface area contributed by atoms with Gasteiger partial charge in [-0.1, -0.05) is 13.8 Å². The van der Waals surface area contributed by atoms with Gasteiger partial charge in [-0.25, -0.2) is 4.39 Å². The van der Waals surface area contributed by atoms with E-state index < -0.39 is 11.7 Å². The molecule has 3 aliphatic carbocycles. The van der Waals surface area contributed by atoms with Crippen LogP contribution in [-0.2, 0) is 14.3 Å². The van der Waals surface area contributed by atoms with Crippen LogP contribution < -0.4 is 5.32 Å². The number of fused-ring (bicyclic) bond motifs is 5. The van der Waals surface area contributed by atoms with Gasteiger partial charge in [-0.15, -0.1) is 0 Å². The van der Waals surface area contributed by atoms with Gasteiger partial charge in [-0.3, -0.25) is 9.59 Å². The van der Waals surface area contributed by atoms with Crippen LogP contribution in [0.15, 0.2) is 11.9 Å². The Morgan fingerprint density at radius 2 is 1.97 bits per heavy atom. The van der Waals surface area contributed by atoms with Crippen LogP contribution in [0.1, 0.15) is 71.6 Å². The monoisotopic (exact) mass is 446 g/mol. The standard InChI is InChI=1S/C26H39FN2O3/c1-25-12-11-19-17(7-10-22-26(19,2)14-21(27)24(31)29(22)3)18(25)8-9-20(25)23(30)28-15-16-6-4-5-13-32-16/h14,16-20,22H,4-13,15H2,1-3H3,(H,28,30)/t16-,17?,18-,19?,20+,22+,25-,26+/m0/s1. The first kappa shape index (κ1) is 22.4. The minimum Gasteiger partial charge on any atom is -0.376 e. The molecule has 178 valence electrons. The van der Waals surface area contributed by atoms with Crippen LogP contribution in [0.3, 0.4) is 0 Å². The topological polar surface area (TPSA) is 58.6 Å². The molecule has 3 saturated carbocycles. The minimum absolute atomic E-state index is 0.0144. The molecule has 2 amide bonds. The molecule has 5 aliphatic rings. The number of nitrogens with one attached hydrogen (secondary N) is 1. The van der Waals surface area contributed by atoms with Gasteiger partial charge >= 0.3 is 0 Å². The Kier molecular flexibility index (Phi) is 5.67. The molecule has 1 saturated heterocycles. The Labute approximate surface area is 191 Å². The number of carbonyl (C=O) groups is 2. The normalized spacial score (nSPS) is 46.1. The van der Waals surface area contributed by atoms with E-state index in [0.29, 0.717) is 24.3 Å². The molecule has 0 bridgehead atoms. The van der Waals surface area contributed by atoms with Crippen LogP contribution in [0.25, 0.3) is 0 Å². The van der Waals surface area contributed by atoms with E-state index >= 15 is 0 Å². The number of rotatable bonds is 3. The number of carbonyl (C=O) groups excluding carboxylic acids is 2. The van der Waals surface area contributed by atoms with Crippen molar-refractivity contribution in [2.45, 2.75) is 83.8 Å². The maximum Gasteiger partial charge on any atom is 0.282 e. The lowest BCUT2D eigenvalue weighted by Gasteiger charge is -2.60. The molecule has 0 aromatic rings. The van der Waals surface area contributed by atoms with Crippen molar-refractivity contribution in [2.75, 3.05) is 20.2 Å². The minimum atomic E-state index is -0.589. The largest absolute Gasteiger partial charge is 0.376 e. The summed E-state index contributed by atoms with van der Waals surface area (Å²) in [4.78, 5) is 27.1. The van der Waals surface area contributed by atoms with Crippen molar-refractivity contribution in [2.24, 2.45) is 34.5 Å². The third-order valence-electron chi connectivity index (χ3n) is 10.3. The third kappa shape index (κ3) is 3.35. The van der Waals surface area contributed by atoms with Crippen molar-refractivity contribution in [1.29, 1.82) is 0 Å². The first-order valence-corrected chi connectivity index (χ1v) is 12.8. The number of nitrogens with zero attached hydrogens (tertiary/aromatic N) is 1. The molecule has 5 nitrogen and oxygen atoms in total. The summed E-state index contributed by atoms with van der Waals surface area (Å²) in [6.07, 6.45) is 11.2. The number of halogens is 1. The van der Waals surface area contributed by atoms with Gasteiger partial charge in [0.25, 0.3) is 5.91 Å². The molecule has 0 radical (unpaired) electrons. The fourth-order valence-electron chi connectivity index (χ4n) is 8.57. The lowest BCUT2D eigenvalue weighted by molar-refractivity contribution is -0.145. The van der Waals surface area contributed by atoms with E-state index in [1.165, 1.54) is 6.42 Å². The number of likely N-dealkylation sites (N-methyl/N-ethyl adjacent to an activating group) is 1. The Bertz CT molecular complexity index is 809. The second kappa shape index (κ2) is 8.11. The molecular weight excluding hydrogens is 407 g/mol. The van der Waals surface area contributed by atoms with Crippen molar-refractivity contribution in [3.05, 3.63) is 11.9 Å². The van der Waals surface area contributed by atoms with Crippen LogP contribution in [0.5, 0.6) is 0 Å². The number of ether oxygens (including phenoxy) is 1. The van der Waals surface area contributed by atoms with Crippen molar-refractivity contribution in [1.82, 2.24) is 10.2 Å². The van der Waals surface area contributed by atoms with E-state index in [0.717, 1.165) is 58.0 Å². The smallest absolute Gasteiger partial charge is 0.282 e. The van der Waals surface area contributed by atoms with E-state index in [2.05, 4.69) is 19.2 Å². The second-order valence-corrected chi connectivity index (χ2v) is 11.7. The molecule has 2 unspecified atom stereocenters. The molecule has 2 aliphatic heterocycles. The number of hydrogen-bond donors (Lipinski definition) is 1. The predicted octanol–water partition coefficient (Wildman–Crippen LogP) is 4.22. The van der Waals surface area contributed by atoms with Gasteiger partial charge in [0.05, 0.1) is 6.10 Å². The zero-order chi connectivity index (χ0) is 22.7. The first-order chi connectivity index (χ1) is 15.3. The van der Waals surface area contributed by atoms with Crippen LogP contribution in [0.4, 0.5) is 4.39 Å². The van der Waals surface area contributed by atoms with Gasteiger partial charge in [0.15, 0.2) is 5.83 Å². The number of amides is 2. The van der Waals surface area contributed by atoms with Gasteiger partial charge in [0, 0.05) is 37.6 Å². The number of hydrogen-bond acceptors (Lipinski definition) is 3. The Morgan fingerprint density at radius 1 is 1.16 bits per heavy atom. The summed E-state index contributed by atoms with van der Waals surface area (Å²) in [6.45, 7) is 5.95. The van der Waals surface area contributed by atoms with Crippen molar-refractivity contribution >= 4 is 11.8 Å². The molecule has 4 fully saturated rings. The second-order valence-electron chi connectivity index (χ2n) is 11.7. The van der Waals surface area contributed by atoms with Gasteiger partial charge < -0.3 is 15.0 Å². The van der Waals surface area contributed by atoms with Crippen molar-refractivity contribution in [3.8, 4) is 0 Å². The molecule has 0 aromatic carbocycles. The molecular formula is C26H39FN2O3. The maximum atomic E-state index is 14.6. The molecule has 2 heterocycles. The Hall–Kier alpha value is -1.43. The van der Waals surface area contributed by atoms with Gasteiger partial charge in [-0.2, -0.15) is 0 Å². The molecule has 6 heteroatoms. The third-order valence-corrected chi connectivity index (χ3v) is 10.3. The van der Waals surface area contributed by atoms with Crippen LogP contribution in [0.2, 0.25) is 0 Å². The average molecular weight is 447 g/mol. The molecule has 8 atom stereocenters. The highest BCUT2D eigenvalue weighted by Gasteiger charge is 2.62. The summed E-state index contributed by atoms with van der Waals surface area (Å²) in [5.74, 6) is 0.584. The molecule has 0 aromatic heterocycles. The van der Waals surface area contributed by atoms with Crippen molar-refractivity contribution in [3.63, 3.8) is 0 Å². The zero-order valence-corrected chi connectivity index (χ0v) is 19.9. The fraction of sp³-hybridized carbons (Fsp3) is 0.846. The zero-order valence-electron chi connectivity index (χ0n) is 19.9.